The molecular weight excluding hydrogens is 687 g/mol. The summed E-state index contributed by atoms with van der Waals surface area (Å²) in [6.45, 7) is 0. The fourth-order valence-electron chi connectivity index (χ4n) is 8.32. The van der Waals surface area contributed by atoms with E-state index in [0.29, 0.717) is 0 Å². The van der Waals surface area contributed by atoms with Crippen LogP contribution in [0.1, 0.15) is 0 Å². The second-order valence-corrected chi connectivity index (χ2v) is 15.1. The smallest absolute Gasteiger partial charge is 0.143 e. The quantitative estimate of drug-likeness (QED) is 0.170. The first-order valence-electron chi connectivity index (χ1n) is 18.7. The average molecular weight is 720 g/mol. The van der Waals surface area contributed by atoms with E-state index in [2.05, 4.69) is 205 Å². The zero-order chi connectivity index (χ0) is 36.3. The number of hydrogen-bond acceptors (Lipinski definition) is 3. The molecule has 0 bridgehead atoms. The molecule has 3 heteroatoms. The Balaban J connectivity index is 1.09. The molecule has 0 atom stereocenters. The highest BCUT2D eigenvalue weighted by Gasteiger charge is 2.22. The van der Waals surface area contributed by atoms with Gasteiger partial charge in [0.05, 0.1) is 5.69 Å². The predicted octanol–water partition coefficient (Wildman–Crippen LogP) is 15.6. The highest BCUT2D eigenvalue weighted by Crippen LogP contribution is 2.47. The number of para-hydroxylation sites is 2. The van der Waals surface area contributed by atoms with Crippen LogP contribution >= 0.6 is 11.3 Å². The van der Waals surface area contributed by atoms with Crippen molar-refractivity contribution in [2.45, 2.75) is 0 Å². The number of furan rings is 1. The van der Waals surface area contributed by atoms with Crippen molar-refractivity contribution < 1.29 is 4.42 Å². The van der Waals surface area contributed by atoms with E-state index in [-0.39, 0.29) is 0 Å². The van der Waals surface area contributed by atoms with Crippen LogP contribution in [-0.4, -0.2) is 0 Å². The van der Waals surface area contributed by atoms with Crippen LogP contribution in [-0.2, 0) is 0 Å². The maximum Gasteiger partial charge on any atom is 0.143 e. The third-order valence-electron chi connectivity index (χ3n) is 10.9. The first-order valence-corrected chi connectivity index (χ1v) is 19.5. The summed E-state index contributed by atoms with van der Waals surface area (Å²) < 4.78 is 9.58. The van der Waals surface area contributed by atoms with E-state index in [1.807, 2.05) is 11.3 Å². The molecule has 0 saturated carbocycles. The summed E-state index contributed by atoms with van der Waals surface area (Å²) in [5.41, 5.74) is 12.2. The van der Waals surface area contributed by atoms with Crippen molar-refractivity contribution in [1.82, 2.24) is 0 Å². The molecule has 0 spiro atoms. The maximum absolute atomic E-state index is 6.95. The Hall–Kier alpha value is -6.94. The molecule has 9 aromatic carbocycles. The zero-order valence-electron chi connectivity index (χ0n) is 29.8. The molecule has 11 rings (SSSR count). The number of benzene rings is 9. The standard InChI is InChI=1S/C52H33NOS/c1-3-14-34(15-4-1)36-16-11-17-37(32-36)41-24-12-25-44-46-33-47(42-20-7-8-21-43(42)52(46)54-51(41)44)53(38-18-5-2-6-19-38)39-30-28-35(29-31-39)40-23-13-27-49-50(40)45-22-9-10-26-48(45)55-49/h1-33H. The van der Waals surface area contributed by atoms with Crippen molar-refractivity contribution in [3.63, 3.8) is 0 Å². The Morgan fingerprint density at radius 1 is 0.345 bits per heavy atom. The summed E-state index contributed by atoms with van der Waals surface area (Å²) in [5, 5.41) is 7.05. The molecule has 0 saturated heterocycles. The van der Waals surface area contributed by atoms with Gasteiger partial charge in [0.15, 0.2) is 0 Å². The highest BCUT2D eigenvalue weighted by molar-refractivity contribution is 7.25. The topological polar surface area (TPSA) is 16.4 Å². The van der Waals surface area contributed by atoms with Crippen molar-refractivity contribution in [2.24, 2.45) is 0 Å². The molecule has 11 aromatic rings. The summed E-state index contributed by atoms with van der Waals surface area (Å²) in [7, 11) is 0. The lowest BCUT2D eigenvalue weighted by Crippen LogP contribution is -2.10. The number of rotatable bonds is 6. The summed E-state index contributed by atoms with van der Waals surface area (Å²) in [6, 6.07) is 72.0. The van der Waals surface area contributed by atoms with Gasteiger partial charge in [0.1, 0.15) is 11.2 Å². The molecule has 0 radical (unpaired) electrons. The molecule has 258 valence electrons. The molecule has 0 fully saturated rings. The minimum absolute atomic E-state index is 0.899. The normalized spacial score (nSPS) is 11.6. The van der Waals surface area contributed by atoms with E-state index >= 15 is 0 Å². The molecule has 0 aliphatic carbocycles. The van der Waals surface area contributed by atoms with Gasteiger partial charge in [-0.1, -0.05) is 152 Å². The van der Waals surface area contributed by atoms with E-state index in [9.17, 15) is 0 Å². The Kier molecular flexibility index (Phi) is 7.39. The third kappa shape index (κ3) is 5.24. The van der Waals surface area contributed by atoms with Gasteiger partial charge in [0.2, 0.25) is 0 Å². The highest BCUT2D eigenvalue weighted by atomic mass is 32.1. The Labute approximate surface area is 322 Å². The average Bonchev–Trinajstić information content (AvgIpc) is 3.84. The van der Waals surface area contributed by atoms with E-state index < -0.39 is 0 Å². The lowest BCUT2D eigenvalue weighted by Gasteiger charge is -2.27. The molecule has 0 aliphatic rings. The molecule has 2 nitrogen and oxygen atoms in total. The molecular formula is C52H33NOS. The van der Waals surface area contributed by atoms with Crippen molar-refractivity contribution >= 4 is 81.3 Å². The van der Waals surface area contributed by atoms with E-state index in [0.717, 1.165) is 60.9 Å². The second kappa shape index (κ2) is 12.9. The van der Waals surface area contributed by atoms with Crippen LogP contribution in [0.15, 0.2) is 205 Å². The zero-order valence-corrected chi connectivity index (χ0v) is 30.6. The van der Waals surface area contributed by atoms with E-state index in [1.54, 1.807) is 0 Å². The largest absolute Gasteiger partial charge is 0.455 e. The Morgan fingerprint density at radius 2 is 0.927 bits per heavy atom. The predicted molar refractivity (Wildman–Crippen MR) is 235 cm³/mol. The summed E-state index contributed by atoms with van der Waals surface area (Å²) in [4.78, 5) is 2.39. The molecule has 55 heavy (non-hydrogen) atoms. The van der Waals surface area contributed by atoms with Crippen LogP contribution in [0.25, 0.3) is 86.3 Å². The van der Waals surface area contributed by atoms with Gasteiger partial charge in [-0.15, -0.1) is 11.3 Å². The minimum Gasteiger partial charge on any atom is -0.455 e. The van der Waals surface area contributed by atoms with Crippen molar-refractivity contribution in [1.29, 1.82) is 0 Å². The van der Waals surface area contributed by atoms with Crippen LogP contribution in [0.5, 0.6) is 0 Å². The monoisotopic (exact) mass is 719 g/mol. The van der Waals surface area contributed by atoms with Crippen LogP contribution in [0.4, 0.5) is 17.1 Å². The van der Waals surface area contributed by atoms with Crippen molar-refractivity contribution in [3.05, 3.63) is 200 Å². The van der Waals surface area contributed by atoms with Gasteiger partial charge in [-0.25, -0.2) is 0 Å². The van der Waals surface area contributed by atoms with Gasteiger partial charge in [-0.05, 0) is 76.3 Å². The van der Waals surface area contributed by atoms with Gasteiger partial charge in [0.25, 0.3) is 0 Å². The summed E-state index contributed by atoms with van der Waals surface area (Å²) in [5.74, 6) is 0. The van der Waals surface area contributed by atoms with Gasteiger partial charge in [-0.2, -0.15) is 0 Å². The fourth-order valence-corrected chi connectivity index (χ4v) is 9.45. The molecule has 0 aliphatic heterocycles. The molecule has 2 aromatic heterocycles. The number of hydrogen-bond donors (Lipinski definition) is 0. The SMILES string of the molecule is c1ccc(-c2cccc(-c3cccc4c3oc3c5ccccc5c(N(c5ccccc5)c5ccc(-c6cccc7sc8ccccc8c67)cc5)cc43)c2)cc1. The molecule has 0 N–H and O–H groups in total. The minimum atomic E-state index is 0.899. The van der Waals surface area contributed by atoms with Crippen LogP contribution in [0.2, 0.25) is 0 Å². The van der Waals surface area contributed by atoms with Gasteiger partial charge >= 0.3 is 0 Å². The summed E-state index contributed by atoms with van der Waals surface area (Å²) >= 11 is 1.86. The van der Waals surface area contributed by atoms with Crippen LogP contribution in [0, 0.1) is 0 Å². The van der Waals surface area contributed by atoms with Crippen LogP contribution in [0.3, 0.4) is 0 Å². The second-order valence-electron chi connectivity index (χ2n) is 14.0. The summed E-state index contributed by atoms with van der Waals surface area (Å²) in [6.07, 6.45) is 0. The van der Waals surface area contributed by atoms with E-state index in [1.165, 1.54) is 42.4 Å². The van der Waals surface area contributed by atoms with Crippen molar-refractivity contribution in [2.75, 3.05) is 4.90 Å². The lowest BCUT2D eigenvalue weighted by molar-refractivity contribution is 0.674. The third-order valence-corrected chi connectivity index (χ3v) is 12.0. The molecule has 0 unspecified atom stereocenters. The maximum atomic E-state index is 6.95. The number of thiophene rings is 1. The number of anilines is 3. The van der Waals surface area contributed by atoms with Gasteiger partial charge < -0.3 is 9.32 Å². The Bertz CT molecular complexity index is 3190. The number of nitrogens with zero attached hydrogens (tertiary/aromatic N) is 1. The van der Waals surface area contributed by atoms with Gasteiger partial charge in [-0.3, -0.25) is 0 Å². The first-order chi connectivity index (χ1) is 27.3. The first kappa shape index (κ1) is 31.6. The lowest BCUT2D eigenvalue weighted by atomic mass is 9.97. The number of fused-ring (bicyclic) bond motifs is 8. The van der Waals surface area contributed by atoms with Gasteiger partial charge in [0, 0.05) is 58.7 Å². The Morgan fingerprint density at radius 3 is 1.76 bits per heavy atom. The molecule has 2 heterocycles. The van der Waals surface area contributed by atoms with E-state index in [4.69, 9.17) is 4.42 Å². The molecule has 0 amide bonds. The van der Waals surface area contributed by atoms with Crippen LogP contribution < -0.4 is 4.90 Å². The fraction of sp³-hybridized carbons (Fsp3) is 0. The van der Waals surface area contributed by atoms with Crippen molar-refractivity contribution in [3.8, 4) is 33.4 Å².